The van der Waals surface area contributed by atoms with Gasteiger partial charge in [0.2, 0.25) is 0 Å². The van der Waals surface area contributed by atoms with Crippen LogP contribution in [-0.2, 0) is 4.79 Å². The average Bonchev–Trinajstić information content (AvgIpc) is 2.79. The van der Waals surface area contributed by atoms with Crippen molar-refractivity contribution in [3.05, 3.63) is 52.0 Å². The van der Waals surface area contributed by atoms with Gasteiger partial charge >= 0.3 is 0 Å². The van der Waals surface area contributed by atoms with E-state index in [9.17, 15) is 9.59 Å². The molecule has 2 aromatic carbocycles. The van der Waals surface area contributed by atoms with E-state index in [1.54, 1.807) is 18.2 Å². The number of benzene rings is 2. The molecule has 0 aromatic heterocycles. The summed E-state index contributed by atoms with van der Waals surface area (Å²) in [6.45, 7) is 8.83. The van der Waals surface area contributed by atoms with Crippen molar-refractivity contribution in [1.82, 2.24) is 9.80 Å². The first kappa shape index (κ1) is 24.9. The van der Waals surface area contributed by atoms with Crippen LogP contribution in [0.25, 0.3) is 0 Å². The predicted octanol–water partition coefficient (Wildman–Crippen LogP) is 4.19. The Morgan fingerprint density at radius 1 is 1.09 bits per heavy atom. The van der Waals surface area contributed by atoms with E-state index in [0.717, 1.165) is 24.2 Å². The molecule has 0 unspecified atom stereocenters. The van der Waals surface area contributed by atoms with Crippen LogP contribution >= 0.6 is 11.6 Å². The molecule has 0 atom stereocenters. The summed E-state index contributed by atoms with van der Waals surface area (Å²) in [6.07, 6.45) is 0. The normalized spacial score (nSPS) is 14.3. The van der Waals surface area contributed by atoms with Gasteiger partial charge in [0.15, 0.2) is 6.61 Å². The molecule has 0 saturated carbocycles. The first-order chi connectivity index (χ1) is 15.7. The van der Waals surface area contributed by atoms with Gasteiger partial charge in [-0.25, -0.2) is 0 Å². The minimum absolute atomic E-state index is 0.0595. The van der Waals surface area contributed by atoms with Crippen LogP contribution in [0.2, 0.25) is 5.02 Å². The van der Waals surface area contributed by atoms with E-state index in [1.165, 1.54) is 7.11 Å². The van der Waals surface area contributed by atoms with Crippen LogP contribution in [0, 0.1) is 6.92 Å². The van der Waals surface area contributed by atoms with E-state index in [1.807, 2.05) is 44.9 Å². The smallest absolute Gasteiger partial charge is 0.262 e. The molecular formula is C25H32ClN3O4. The van der Waals surface area contributed by atoms with Gasteiger partial charge in [-0.05, 0) is 61.3 Å². The van der Waals surface area contributed by atoms with E-state index in [4.69, 9.17) is 21.1 Å². The number of aryl methyl sites for hydroxylation is 1. The quantitative estimate of drug-likeness (QED) is 0.653. The number of carbonyl (C=O) groups excluding carboxylic acids is 2. The summed E-state index contributed by atoms with van der Waals surface area (Å²) in [7, 11) is 3.56. The molecule has 33 heavy (non-hydrogen) atoms. The predicted molar refractivity (Wildman–Crippen MR) is 131 cm³/mol. The van der Waals surface area contributed by atoms with Gasteiger partial charge in [-0.3, -0.25) is 9.59 Å². The fraction of sp³-hybridized carbons (Fsp3) is 0.440. The van der Waals surface area contributed by atoms with Gasteiger partial charge in [0.1, 0.15) is 11.5 Å². The van der Waals surface area contributed by atoms with E-state index >= 15 is 0 Å². The summed E-state index contributed by atoms with van der Waals surface area (Å²) in [6, 6.07) is 8.80. The Kier molecular flexibility index (Phi) is 8.21. The van der Waals surface area contributed by atoms with Crippen molar-refractivity contribution in [3.63, 3.8) is 0 Å². The number of nitrogens with zero attached hydrogens (tertiary/aromatic N) is 2. The van der Waals surface area contributed by atoms with Crippen LogP contribution in [-0.4, -0.2) is 68.6 Å². The third-order valence-corrected chi connectivity index (χ3v) is 6.19. The maximum atomic E-state index is 12.9. The molecule has 0 bridgehead atoms. The number of nitrogens with one attached hydrogen (secondary N) is 1. The van der Waals surface area contributed by atoms with Crippen molar-refractivity contribution in [1.29, 1.82) is 0 Å². The lowest BCUT2D eigenvalue weighted by Gasteiger charge is -2.32. The molecule has 1 heterocycles. The molecule has 1 aliphatic heterocycles. The Morgan fingerprint density at radius 2 is 1.79 bits per heavy atom. The number of hydrogen-bond donors (Lipinski definition) is 1. The Bertz CT molecular complexity index is 1020. The fourth-order valence-corrected chi connectivity index (χ4v) is 3.88. The number of rotatable bonds is 7. The standard InChI is InChI=1S/C25H32ClN3O4/c1-16(2)19-14-20(26)17(3)12-23(19)33-15-24(30)27-21-13-18(6-7-22(21)32-5)25(31)29-10-8-28(4)9-11-29/h6-7,12-14,16H,8-11,15H2,1-5H3,(H,27,30). The summed E-state index contributed by atoms with van der Waals surface area (Å²) in [5, 5.41) is 3.49. The molecule has 0 spiro atoms. The van der Waals surface area contributed by atoms with Gasteiger partial charge in [-0.1, -0.05) is 25.4 Å². The monoisotopic (exact) mass is 473 g/mol. The summed E-state index contributed by atoms with van der Waals surface area (Å²) in [4.78, 5) is 29.6. The molecule has 0 aliphatic carbocycles. The summed E-state index contributed by atoms with van der Waals surface area (Å²) >= 11 is 6.25. The second-order valence-corrected chi connectivity index (χ2v) is 9.05. The number of anilines is 1. The van der Waals surface area contributed by atoms with Crippen molar-refractivity contribution < 1.29 is 19.1 Å². The molecule has 7 nitrogen and oxygen atoms in total. The Labute approximate surface area is 200 Å². The second-order valence-electron chi connectivity index (χ2n) is 8.64. The highest BCUT2D eigenvalue weighted by atomic mass is 35.5. The molecule has 2 aromatic rings. The van der Waals surface area contributed by atoms with Gasteiger partial charge in [0, 0.05) is 36.8 Å². The van der Waals surface area contributed by atoms with Crippen molar-refractivity contribution >= 4 is 29.1 Å². The number of piperazine rings is 1. The maximum Gasteiger partial charge on any atom is 0.262 e. The molecule has 2 amide bonds. The minimum Gasteiger partial charge on any atom is -0.495 e. The number of hydrogen-bond acceptors (Lipinski definition) is 5. The van der Waals surface area contributed by atoms with Gasteiger partial charge in [-0.2, -0.15) is 0 Å². The summed E-state index contributed by atoms with van der Waals surface area (Å²) in [5.41, 5.74) is 2.76. The van der Waals surface area contributed by atoms with Crippen molar-refractivity contribution in [2.24, 2.45) is 0 Å². The zero-order valence-corrected chi connectivity index (χ0v) is 20.7. The van der Waals surface area contributed by atoms with E-state index < -0.39 is 0 Å². The largest absolute Gasteiger partial charge is 0.495 e. The number of ether oxygens (including phenoxy) is 2. The second kappa shape index (κ2) is 10.9. The number of methoxy groups -OCH3 is 1. The zero-order valence-electron chi connectivity index (χ0n) is 19.9. The number of carbonyl (C=O) groups is 2. The lowest BCUT2D eigenvalue weighted by molar-refractivity contribution is -0.118. The molecule has 3 rings (SSSR count). The third-order valence-electron chi connectivity index (χ3n) is 5.78. The van der Waals surface area contributed by atoms with Crippen LogP contribution in [0.5, 0.6) is 11.5 Å². The zero-order chi connectivity index (χ0) is 24.1. The minimum atomic E-state index is -0.347. The molecule has 1 fully saturated rings. The number of likely N-dealkylation sites (N-methyl/N-ethyl adjacent to an activating group) is 1. The lowest BCUT2D eigenvalue weighted by Crippen LogP contribution is -2.47. The first-order valence-electron chi connectivity index (χ1n) is 11.1. The average molecular weight is 474 g/mol. The Hall–Kier alpha value is -2.77. The SMILES string of the molecule is COc1ccc(C(=O)N2CCN(C)CC2)cc1NC(=O)COc1cc(C)c(Cl)cc1C(C)C. The van der Waals surface area contributed by atoms with Crippen molar-refractivity contribution in [2.45, 2.75) is 26.7 Å². The van der Waals surface area contributed by atoms with E-state index in [-0.39, 0.29) is 24.3 Å². The molecule has 1 aliphatic rings. The van der Waals surface area contributed by atoms with Gasteiger partial charge in [0.05, 0.1) is 12.8 Å². The lowest BCUT2D eigenvalue weighted by atomic mass is 10.0. The van der Waals surface area contributed by atoms with Crippen LogP contribution in [0.1, 0.15) is 41.3 Å². The van der Waals surface area contributed by atoms with E-state index in [2.05, 4.69) is 10.2 Å². The summed E-state index contributed by atoms with van der Waals surface area (Å²) < 4.78 is 11.2. The van der Waals surface area contributed by atoms with Gasteiger partial charge < -0.3 is 24.6 Å². The van der Waals surface area contributed by atoms with Gasteiger partial charge in [0.25, 0.3) is 11.8 Å². The third kappa shape index (κ3) is 6.18. The molecule has 178 valence electrons. The highest BCUT2D eigenvalue weighted by Crippen LogP contribution is 2.32. The molecular weight excluding hydrogens is 442 g/mol. The van der Waals surface area contributed by atoms with Crippen molar-refractivity contribution in [2.75, 3.05) is 52.3 Å². The van der Waals surface area contributed by atoms with Crippen LogP contribution in [0.3, 0.4) is 0 Å². The van der Waals surface area contributed by atoms with E-state index in [0.29, 0.717) is 40.9 Å². The fourth-order valence-electron chi connectivity index (χ4n) is 3.71. The van der Waals surface area contributed by atoms with Crippen LogP contribution in [0.15, 0.2) is 30.3 Å². The van der Waals surface area contributed by atoms with Gasteiger partial charge in [-0.15, -0.1) is 0 Å². The van der Waals surface area contributed by atoms with Crippen LogP contribution < -0.4 is 14.8 Å². The maximum absolute atomic E-state index is 12.9. The molecule has 1 N–H and O–H groups in total. The highest BCUT2D eigenvalue weighted by Gasteiger charge is 2.22. The van der Waals surface area contributed by atoms with Crippen LogP contribution in [0.4, 0.5) is 5.69 Å². The highest BCUT2D eigenvalue weighted by molar-refractivity contribution is 6.31. The Balaban J connectivity index is 1.71. The Morgan fingerprint density at radius 3 is 2.42 bits per heavy atom. The first-order valence-corrected chi connectivity index (χ1v) is 11.5. The number of halogens is 1. The summed E-state index contributed by atoms with van der Waals surface area (Å²) in [5.74, 6) is 0.894. The topological polar surface area (TPSA) is 71.1 Å². The molecule has 0 radical (unpaired) electrons. The molecule has 8 heteroatoms. The number of amides is 2. The van der Waals surface area contributed by atoms with Crippen molar-refractivity contribution in [3.8, 4) is 11.5 Å². The molecule has 1 saturated heterocycles.